The molecule has 6 heteroatoms. The molecular formula is C23H25N3O3. The third-order valence-corrected chi connectivity index (χ3v) is 5.38. The molecule has 6 nitrogen and oxygen atoms in total. The summed E-state index contributed by atoms with van der Waals surface area (Å²) in [5, 5.41) is 10.0. The molecular weight excluding hydrogens is 366 g/mol. The zero-order valence-electron chi connectivity index (χ0n) is 16.6. The van der Waals surface area contributed by atoms with Crippen LogP contribution in [0.1, 0.15) is 36.5 Å². The Morgan fingerprint density at radius 2 is 2.03 bits per heavy atom. The fourth-order valence-electron chi connectivity index (χ4n) is 4.10. The van der Waals surface area contributed by atoms with Crippen LogP contribution in [0.2, 0.25) is 0 Å². The Kier molecular flexibility index (Phi) is 5.68. The molecule has 0 radical (unpaired) electrons. The molecule has 0 spiro atoms. The van der Waals surface area contributed by atoms with Crippen LogP contribution in [-0.4, -0.2) is 47.6 Å². The number of nitriles is 1. The van der Waals surface area contributed by atoms with Crippen molar-refractivity contribution in [3.8, 4) is 11.8 Å². The number of fused-ring (bicyclic) bond motifs is 3. The van der Waals surface area contributed by atoms with Gasteiger partial charge in [0.15, 0.2) is 0 Å². The standard InChI is InChI=1S/C23H25N3O3/c1-2-28-23(27)22-19-9-8-17(15-21(19)26-14-4-3-7-20(22)26)29-18(10-11-24)16-25-12-5-6-13-25/h3-4,7-9,14-15,18H,2,5-6,10,12-13,16H2,1H3. The first-order valence-electron chi connectivity index (χ1n) is 10.2. The van der Waals surface area contributed by atoms with Gasteiger partial charge in [-0.2, -0.15) is 5.26 Å². The van der Waals surface area contributed by atoms with Crippen LogP contribution in [0.4, 0.5) is 0 Å². The maximum atomic E-state index is 12.6. The minimum atomic E-state index is -0.323. The van der Waals surface area contributed by atoms with Gasteiger partial charge in [0.2, 0.25) is 0 Å². The van der Waals surface area contributed by atoms with E-state index in [1.807, 2.05) is 47.0 Å². The van der Waals surface area contributed by atoms with Crippen molar-refractivity contribution in [2.24, 2.45) is 0 Å². The highest BCUT2D eigenvalue weighted by molar-refractivity contribution is 6.11. The lowest BCUT2D eigenvalue weighted by molar-refractivity contribution is 0.0531. The van der Waals surface area contributed by atoms with Crippen molar-refractivity contribution in [3.63, 3.8) is 0 Å². The largest absolute Gasteiger partial charge is 0.488 e. The second-order valence-electron chi connectivity index (χ2n) is 7.34. The van der Waals surface area contributed by atoms with E-state index in [9.17, 15) is 10.1 Å². The minimum Gasteiger partial charge on any atom is -0.488 e. The summed E-state index contributed by atoms with van der Waals surface area (Å²) in [6, 6.07) is 13.7. The number of hydrogen-bond acceptors (Lipinski definition) is 5. The quantitative estimate of drug-likeness (QED) is 0.569. The monoisotopic (exact) mass is 391 g/mol. The molecule has 1 saturated heterocycles. The van der Waals surface area contributed by atoms with Gasteiger partial charge in [0, 0.05) is 24.2 Å². The maximum Gasteiger partial charge on any atom is 0.340 e. The normalized spacial score (nSPS) is 15.4. The van der Waals surface area contributed by atoms with Crippen molar-refractivity contribution in [2.75, 3.05) is 26.2 Å². The van der Waals surface area contributed by atoms with Crippen molar-refractivity contribution in [2.45, 2.75) is 32.3 Å². The van der Waals surface area contributed by atoms with Gasteiger partial charge in [-0.05, 0) is 57.1 Å². The van der Waals surface area contributed by atoms with Gasteiger partial charge in [0.05, 0.1) is 35.7 Å². The van der Waals surface area contributed by atoms with Gasteiger partial charge in [0.25, 0.3) is 0 Å². The van der Waals surface area contributed by atoms with E-state index in [1.54, 1.807) is 6.92 Å². The highest BCUT2D eigenvalue weighted by Gasteiger charge is 2.22. The van der Waals surface area contributed by atoms with Crippen LogP contribution in [0.15, 0.2) is 42.6 Å². The van der Waals surface area contributed by atoms with Crippen molar-refractivity contribution in [1.82, 2.24) is 9.30 Å². The number of likely N-dealkylation sites (tertiary alicyclic amines) is 1. The molecule has 0 amide bonds. The SMILES string of the molecule is CCOC(=O)c1c2ccc(OC(CC#N)CN3CCCC3)cc2n2ccccc12. The molecule has 0 aliphatic carbocycles. The number of nitrogens with zero attached hydrogens (tertiary/aromatic N) is 3. The van der Waals surface area contributed by atoms with E-state index in [1.165, 1.54) is 12.8 Å². The Morgan fingerprint density at radius 3 is 2.79 bits per heavy atom. The first-order valence-corrected chi connectivity index (χ1v) is 10.2. The minimum absolute atomic E-state index is 0.175. The molecule has 1 unspecified atom stereocenters. The molecule has 150 valence electrons. The lowest BCUT2D eigenvalue weighted by Crippen LogP contribution is -2.33. The molecule has 2 aromatic heterocycles. The Labute approximate surface area is 170 Å². The van der Waals surface area contributed by atoms with Gasteiger partial charge in [-0.3, -0.25) is 4.90 Å². The second kappa shape index (κ2) is 8.54. The van der Waals surface area contributed by atoms with Gasteiger partial charge >= 0.3 is 5.97 Å². The van der Waals surface area contributed by atoms with Crippen LogP contribution < -0.4 is 4.74 Å². The van der Waals surface area contributed by atoms with Crippen LogP contribution in [0.25, 0.3) is 16.4 Å². The summed E-state index contributed by atoms with van der Waals surface area (Å²) in [5.41, 5.74) is 2.27. The molecule has 4 rings (SSSR count). The van der Waals surface area contributed by atoms with E-state index in [0.717, 1.165) is 36.1 Å². The summed E-state index contributed by atoms with van der Waals surface area (Å²) in [6.07, 6.45) is 4.51. The summed E-state index contributed by atoms with van der Waals surface area (Å²) < 4.78 is 13.5. The van der Waals surface area contributed by atoms with Crippen molar-refractivity contribution in [3.05, 3.63) is 48.2 Å². The van der Waals surface area contributed by atoms with E-state index < -0.39 is 0 Å². The number of rotatable bonds is 7. The van der Waals surface area contributed by atoms with Crippen LogP contribution in [0.3, 0.4) is 0 Å². The number of pyridine rings is 1. The second-order valence-corrected chi connectivity index (χ2v) is 7.34. The summed E-state index contributed by atoms with van der Waals surface area (Å²) in [6.45, 7) is 5.03. The maximum absolute atomic E-state index is 12.6. The Bertz CT molecular complexity index is 1060. The van der Waals surface area contributed by atoms with Gasteiger partial charge in [-0.25, -0.2) is 4.79 Å². The highest BCUT2D eigenvalue weighted by atomic mass is 16.5. The lowest BCUT2D eigenvalue weighted by Gasteiger charge is -2.22. The third kappa shape index (κ3) is 3.92. The summed E-state index contributed by atoms with van der Waals surface area (Å²) >= 11 is 0. The van der Waals surface area contributed by atoms with E-state index in [0.29, 0.717) is 24.3 Å². The Morgan fingerprint density at radius 1 is 1.21 bits per heavy atom. The first kappa shape index (κ1) is 19.3. The predicted octanol–water partition coefficient (Wildman–Crippen LogP) is 4.03. The fraction of sp³-hybridized carbons (Fsp3) is 0.391. The average Bonchev–Trinajstić information content (AvgIpc) is 3.34. The van der Waals surface area contributed by atoms with Gasteiger partial charge in [-0.1, -0.05) is 6.07 Å². The number of hydrogen-bond donors (Lipinski definition) is 0. The zero-order chi connectivity index (χ0) is 20.2. The highest BCUT2D eigenvalue weighted by Crippen LogP contribution is 2.31. The molecule has 1 aliphatic heterocycles. The molecule has 29 heavy (non-hydrogen) atoms. The van der Waals surface area contributed by atoms with Crippen molar-refractivity contribution < 1.29 is 14.3 Å². The van der Waals surface area contributed by atoms with Crippen molar-refractivity contribution in [1.29, 1.82) is 5.26 Å². The van der Waals surface area contributed by atoms with Gasteiger partial charge in [-0.15, -0.1) is 0 Å². The summed E-state index contributed by atoms with van der Waals surface area (Å²) in [7, 11) is 0. The molecule has 1 aromatic carbocycles. The smallest absolute Gasteiger partial charge is 0.340 e. The Hall–Kier alpha value is -3.04. The van der Waals surface area contributed by atoms with E-state index in [-0.39, 0.29) is 12.1 Å². The fourth-order valence-corrected chi connectivity index (χ4v) is 4.10. The van der Waals surface area contributed by atoms with Gasteiger partial charge in [0.1, 0.15) is 11.9 Å². The average molecular weight is 391 g/mol. The van der Waals surface area contributed by atoms with Crippen molar-refractivity contribution >= 4 is 22.4 Å². The van der Waals surface area contributed by atoms with E-state index in [2.05, 4.69) is 11.0 Å². The molecule has 1 atom stereocenters. The van der Waals surface area contributed by atoms with Crippen LogP contribution >= 0.6 is 0 Å². The van der Waals surface area contributed by atoms with Crippen LogP contribution in [-0.2, 0) is 4.74 Å². The number of carbonyl (C=O) groups excluding carboxylic acids is 1. The zero-order valence-corrected chi connectivity index (χ0v) is 16.6. The molecule has 1 fully saturated rings. The molecule has 3 heterocycles. The predicted molar refractivity (Wildman–Crippen MR) is 111 cm³/mol. The molecule has 0 saturated carbocycles. The van der Waals surface area contributed by atoms with Crippen LogP contribution in [0.5, 0.6) is 5.75 Å². The molecule has 0 N–H and O–H groups in total. The molecule has 3 aromatic rings. The lowest BCUT2D eigenvalue weighted by atomic mass is 10.1. The topological polar surface area (TPSA) is 67.0 Å². The molecule has 0 bridgehead atoms. The summed E-state index contributed by atoms with van der Waals surface area (Å²) in [4.78, 5) is 14.9. The van der Waals surface area contributed by atoms with Gasteiger partial charge < -0.3 is 13.9 Å². The first-order chi connectivity index (χ1) is 14.2. The van der Waals surface area contributed by atoms with E-state index >= 15 is 0 Å². The molecule has 1 aliphatic rings. The number of aromatic nitrogens is 1. The van der Waals surface area contributed by atoms with E-state index in [4.69, 9.17) is 9.47 Å². The third-order valence-electron chi connectivity index (χ3n) is 5.38. The number of esters is 1. The van der Waals surface area contributed by atoms with Crippen LogP contribution in [0, 0.1) is 11.3 Å². The number of ether oxygens (including phenoxy) is 2. The Balaban J connectivity index is 1.69. The number of carbonyl (C=O) groups is 1. The number of benzene rings is 1. The summed E-state index contributed by atoms with van der Waals surface area (Å²) in [5.74, 6) is 0.381.